The van der Waals surface area contributed by atoms with Crippen LogP contribution < -0.4 is 5.32 Å². The predicted octanol–water partition coefficient (Wildman–Crippen LogP) is 6.93. The van der Waals surface area contributed by atoms with Crippen LogP contribution >= 0.6 is 23.2 Å². The molecule has 3 aromatic carbocycles. The van der Waals surface area contributed by atoms with Crippen molar-refractivity contribution in [2.24, 2.45) is 0 Å². The fourth-order valence-electron chi connectivity index (χ4n) is 4.94. The first-order valence-corrected chi connectivity index (χ1v) is 13.8. The van der Waals surface area contributed by atoms with Crippen LogP contribution in [0.2, 0.25) is 10.0 Å². The zero-order valence-electron chi connectivity index (χ0n) is 21.3. The zero-order valence-corrected chi connectivity index (χ0v) is 22.8. The Kier molecular flexibility index (Phi) is 9.65. The molecular formula is C31H34Cl2N2O2. The van der Waals surface area contributed by atoms with Gasteiger partial charge in [0.1, 0.15) is 6.04 Å². The lowest BCUT2D eigenvalue weighted by Gasteiger charge is -2.33. The van der Waals surface area contributed by atoms with Crippen molar-refractivity contribution in [1.82, 2.24) is 10.2 Å². The fourth-order valence-corrected chi connectivity index (χ4v) is 5.47. The van der Waals surface area contributed by atoms with Crippen molar-refractivity contribution in [3.8, 4) is 0 Å². The van der Waals surface area contributed by atoms with Crippen molar-refractivity contribution < 1.29 is 9.59 Å². The lowest BCUT2D eigenvalue weighted by atomic mass is 9.94. The lowest BCUT2D eigenvalue weighted by Crippen LogP contribution is -2.53. The first-order valence-electron chi connectivity index (χ1n) is 13.0. The normalized spacial score (nSPS) is 14.7. The molecule has 0 aliphatic heterocycles. The van der Waals surface area contributed by atoms with E-state index in [0.717, 1.165) is 42.4 Å². The van der Waals surface area contributed by atoms with Gasteiger partial charge in [0, 0.05) is 29.1 Å². The number of hydrogen-bond acceptors (Lipinski definition) is 2. The molecule has 1 aliphatic carbocycles. The number of nitrogens with zero attached hydrogens (tertiary/aromatic N) is 1. The Hall–Kier alpha value is -2.82. The highest BCUT2D eigenvalue weighted by molar-refractivity contribution is 6.36. The number of carbonyl (C=O) groups is 2. The smallest absolute Gasteiger partial charge is 0.243 e. The second-order valence-corrected chi connectivity index (χ2v) is 10.7. The van der Waals surface area contributed by atoms with Gasteiger partial charge in [0.15, 0.2) is 0 Å². The molecule has 6 heteroatoms. The molecule has 0 heterocycles. The zero-order chi connectivity index (χ0) is 26.2. The van der Waals surface area contributed by atoms with Gasteiger partial charge in [0.2, 0.25) is 11.8 Å². The SMILES string of the molecule is Cc1ccc(CN(C(=O)Cc2c(Cl)cccc2Cl)[C@H](Cc2ccccc2)C(=O)NC2CCCCC2)cc1. The minimum absolute atomic E-state index is 0.0202. The molecule has 4 rings (SSSR count). The summed E-state index contributed by atoms with van der Waals surface area (Å²) < 4.78 is 0. The van der Waals surface area contributed by atoms with Crippen molar-refractivity contribution in [3.63, 3.8) is 0 Å². The predicted molar refractivity (Wildman–Crippen MR) is 151 cm³/mol. The number of amides is 2. The summed E-state index contributed by atoms with van der Waals surface area (Å²) >= 11 is 12.8. The van der Waals surface area contributed by atoms with E-state index < -0.39 is 6.04 Å². The Morgan fingerprint density at radius 3 is 2.16 bits per heavy atom. The largest absolute Gasteiger partial charge is 0.352 e. The van der Waals surface area contributed by atoms with Crippen LogP contribution in [0, 0.1) is 6.92 Å². The molecule has 194 valence electrons. The van der Waals surface area contributed by atoms with E-state index in [9.17, 15) is 9.59 Å². The first-order chi connectivity index (χ1) is 17.9. The Labute approximate surface area is 230 Å². The van der Waals surface area contributed by atoms with Gasteiger partial charge in [0.25, 0.3) is 0 Å². The van der Waals surface area contributed by atoms with Crippen molar-refractivity contribution in [2.45, 2.75) is 70.5 Å². The summed E-state index contributed by atoms with van der Waals surface area (Å²) in [6, 6.07) is 22.7. The maximum absolute atomic E-state index is 13.9. The minimum Gasteiger partial charge on any atom is -0.352 e. The molecular weight excluding hydrogens is 503 g/mol. The van der Waals surface area contributed by atoms with E-state index in [2.05, 4.69) is 5.32 Å². The van der Waals surface area contributed by atoms with E-state index in [1.165, 1.54) is 6.42 Å². The molecule has 1 aliphatic rings. The van der Waals surface area contributed by atoms with Gasteiger partial charge >= 0.3 is 0 Å². The molecule has 37 heavy (non-hydrogen) atoms. The Morgan fingerprint density at radius 1 is 0.865 bits per heavy atom. The summed E-state index contributed by atoms with van der Waals surface area (Å²) in [7, 11) is 0. The maximum atomic E-state index is 13.9. The minimum atomic E-state index is -0.667. The van der Waals surface area contributed by atoms with Crippen molar-refractivity contribution >= 4 is 35.0 Å². The molecule has 0 saturated heterocycles. The molecule has 1 fully saturated rings. The van der Waals surface area contributed by atoms with Crippen LogP contribution in [0.15, 0.2) is 72.8 Å². The summed E-state index contributed by atoms with van der Waals surface area (Å²) in [6.07, 6.45) is 5.84. The number of nitrogens with one attached hydrogen (secondary N) is 1. The van der Waals surface area contributed by atoms with E-state index in [4.69, 9.17) is 23.2 Å². The van der Waals surface area contributed by atoms with Gasteiger partial charge in [0.05, 0.1) is 6.42 Å². The number of aryl methyl sites for hydroxylation is 1. The Morgan fingerprint density at radius 2 is 1.51 bits per heavy atom. The standard InChI is InChI=1S/C31H34Cl2N2O2/c1-22-15-17-24(18-16-22)21-35(30(36)20-26-27(32)13-8-14-28(26)33)29(19-23-9-4-2-5-10-23)31(37)34-25-11-6-3-7-12-25/h2,4-5,8-10,13-18,25,29H,3,6-7,11-12,19-21H2,1H3,(H,34,37)/t29-/m1/s1. The summed E-state index contributed by atoms with van der Waals surface area (Å²) in [5.41, 5.74) is 3.69. The fraction of sp³-hybridized carbons (Fsp3) is 0.355. The third-order valence-corrected chi connectivity index (χ3v) is 7.79. The van der Waals surface area contributed by atoms with Crippen molar-refractivity contribution in [3.05, 3.63) is 105 Å². The van der Waals surface area contributed by atoms with Crippen LogP contribution in [-0.2, 0) is 29.0 Å². The molecule has 2 amide bonds. The van der Waals surface area contributed by atoms with Gasteiger partial charge in [-0.3, -0.25) is 9.59 Å². The summed E-state index contributed by atoms with van der Waals surface area (Å²) in [6.45, 7) is 2.35. The average Bonchev–Trinajstić information content (AvgIpc) is 2.90. The van der Waals surface area contributed by atoms with Gasteiger partial charge < -0.3 is 10.2 Å². The van der Waals surface area contributed by atoms with E-state index in [1.807, 2.05) is 61.5 Å². The molecule has 1 N–H and O–H groups in total. The van der Waals surface area contributed by atoms with Gasteiger partial charge in [-0.15, -0.1) is 0 Å². The lowest BCUT2D eigenvalue weighted by molar-refractivity contribution is -0.141. The first kappa shape index (κ1) is 27.2. The highest BCUT2D eigenvalue weighted by Crippen LogP contribution is 2.27. The third-order valence-electron chi connectivity index (χ3n) is 7.09. The number of benzene rings is 3. The van der Waals surface area contributed by atoms with Gasteiger partial charge in [-0.2, -0.15) is 0 Å². The highest BCUT2D eigenvalue weighted by Gasteiger charge is 2.32. The van der Waals surface area contributed by atoms with E-state index in [-0.39, 0.29) is 24.3 Å². The van der Waals surface area contributed by atoms with Crippen LogP contribution in [0.3, 0.4) is 0 Å². The molecule has 3 aromatic rings. The Bertz CT molecular complexity index is 1170. The molecule has 1 atom stereocenters. The second-order valence-electron chi connectivity index (χ2n) is 9.93. The summed E-state index contributed by atoms with van der Waals surface area (Å²) in [4.78, 5) is 29.5. The number of carbonyl (C=O) groups excluding carboxylic acids is 2. The van der Waals surface area contributed by atoms with Crippen LogP contribution in [0.1, 0.15) is 54.4 Å². The molecule has 0 bridgehead atoms. The number of halogens is 2. The molecule has 4 nitrogen and oxygen atoms in total. The monoisotopic (exact) mass is 536 g/mol. The average molecular weight is 538 g/mol. The molecule has 0 unspecified atom stereocenters. The van der Waals surface area contributed by atoms with Crippen molar-refractivity contribution in [2.75, 3.05) is 0 Å². The maximum Gasteiger partial charge on any atom is 0.243 e. The highest BCUT2D eigenvalue weighted by atomic mass is 35.5. The third kappa shape index (κ3) is 7.59. The van der Waals surface area contributed by atoms with E-state index >= 15 is 0 Å². The summed E-state index contributed by atoms with van der Waals surface area (Å²) in [5, 5.41) is 4.16. The summed E-state index contributed by atoms with van der Waals surface area (Å²) in [5.74, 6) is -0.295. The molecule has 1 saturated carbocycles. The topological polar surface area (TPSA) is 49.4 Å². The van der Waals surface area contributed by atoms with Gasteiger partial charge in [-0.05, 0) is 48.6 Å². The van der Waals surface area contributed by atoms with Gasteiger partial charge in [-0.1, -0.05) is 109 Å². The Balaban J connectivity index is 1.68. The van der Waals surface area contributed by atoms with Gasteiger partial charge in [-0.25, -0.2) is 0 Å². The van der Waals surface area contributed by atoms with Crippen LogP contribution in [0.5, 0.6) is 0 Å². The van der Waals surface area contributed by atoms with E-state index in [0.29, 0.717) is 28.6 Å². The van der Waals surface area contributed by atoms with E-state index in [1.54, 1.807) is 23.1 Å². The second kappa shape index (κ2) is 13.1. The molecule has 0 aromatic heterocycles. The van der Waals surface area contributed by atoms with Crippen LogP contribution in [0.4, 0.5) is 0 Å². The van der Waals surface area contributed by atoms with Crippen molar-refractivity contribution in [1.29, 1.82) is 0 Å². The quantitative estimate of drug-likeness (QED) is 0.322. The number of rotatable bonds is 9. The number of hydrogen-bond donors (Lipinski definition) is 1. The van der Waals surface area contributed by atoms with Crippen LogP contribution in [-0.4, -0.2) is 28.8 Å². The molecule has 0 spiro atoms. The van der Waals surface area contributed by atoms with Crippen LogP contribution in [0.25, 0.3) is 0 Å². The molecule has 0 radical (unpaired) electrons.